The number of pyridine rings is 1. The summed E-state index contributed by atoms with van der Waals surface area (Å²) in [5.41, 5.74) is 1.84. The molecule has 6 nitrogen and oxygen atoms in total. The number of nitrogens with zero attached hydrogens (tertiary/aromatic N) is 1. The van der Waals surface area contributed by atoms with Gasteiger partial charge in [0.1, 0.15) is 11.8 Å². The van der Waals surface area contributed by atoms with Gasteiger partial charge < -0.3 is 15.2 Å². The van der Waals surface area contributed by atoms with Crippen LogP contribution in [0.15, 0.2) is 60.8 Å². The molecule has 3 aromatic rings. The van der Waals surface area contributed by atoms with Crippen LogP contribution in [0.3, 0.4) is 0 Å². The molecule has 0 aliphatic carbocycles. The average Bonchev–Trinajstić information content (AvgIpc) is 2.67. The summed E-state index contributed by atoms with van der Waals surface area (Å²) < 4.78 is 5.15. The number of carbonyl (C=O) groups is 2. The van der Waals surface area contributed by atoms with E-state index in [-0.39, 0.29) is 6.42 Å². The predicted octanol–water partition coefficient (Wildman–Crippen LogP) is 2.67. The van der Waals surface area contributed by atoms with Crippen molar-refractivity contribution in [2.24, 2.45) is 0 Å². The Morgan fingerprint density at radius 2 is 1.96 bits per heavy atom. The van der Waals surface area contributed by atoms with Crippen molar-refractivity contribution in [1.29, 1.82) is 0 Å². The van der Waals surface area contributed by atoms with Gasteiger partial charge in [-0.2, -0.15) is 0 Å². The molecular formula is C20H18N2O4. The summed E-state index contributed by atoms with van der Waals surface area (Å²) in [6.45, 7) is 0. The number of nitrogens with one attached hydrogen (secondary N) is 1. The van der Waals surface area contributed by atoms with E-state index in [2.05, 4.69) is 10.3 Å². The van der Waals surface area contributed by atoms with Crippen LogP contribution in [0.2, 0.25) is 0 Å². The number of rotatable bonds is 6. The van der Waals surface area contributed by atoms with Gasteiger partial charge in [0.2, 0.25) is 0 Å². The first-order valence-electron chi connectivity index (χ1n) is 8.09. The molecule has 0 saturated heterocycles. The molecule has 132 valence electrons. The number of fused-ring (bicyclic) bond motifs is 1. The van der Waals surface area contributed by atoms with Crippen molar-refractivity contribution in [2.75, 3.05) is 7.11 Å². The zero-order chi connectivity index (χ0) is 18.5. The number of hydrogen-bond donors (Lipinski definition) is 2. The zero-order valence-corrected chi connectivity index (χ0v) is 14.2. The summed E-state index contributed by atoms with van der Waals surface area (Å²) in [6, 6.07) is 14.9. The Morgan fingerprint density at radius 1 is 1.15 bits per heavy atom. The van der Waals surface area contributed by atoms with Gasteiger partial charge in [-0.05, 0) is 29.8 Å². The van der Waals surface area contributed by atoms with Crippen LogP contribution in [0, 0.1) is 0 Å². The number of ether oxygens (including phenoxy) is 1. The molecule has 2 N–H and O–H groups in total. The highest BCUT2D eigenvalue weighted by molar-refractivity contribution is 6.06. The number of methoxy groups -OCH3 is 1. The van der Waals surface area contributed by atoms with Crippen molar-refractivity contribution < 1.29 is 19.4 Å². The second-order valence-electron chi connectivity index (χ2n) is 5.80. The molecule has 0 bridgehead atoms. The van der Waals surface area contributed by atoms with Crippen LogP contribution in [0.1, 0.15) is 15.9 Å². The van der Waals surface area contributed by atoms with Crippen molar-refractivity contribution in [3.8, 4) is 5.75 Å². The van der Waals surface area contributed by atoms with Gasteiger partial charge in [0, 0.05) is 18.0 Å². The number of benzene rings is 2. The summed E-state index contributed by atoms with van der Waals surface area (Å²) in [5.74, 6) is -0.906. The molecule has 1 amide bonds. The molecule has 2 aromatic carbocycles. The quantitative estimate of drug-likeness (QED) is 0.713. The molecule has 0 saturated carbocycles. The van der Waals surface area contributed by atoms with E-state index in [1.54, 1.807) is 49.6 Å². The molecular weight excluding hydrogens is 332 g/mol. The first-order chi connectivity index (χ1) is 12.6. The molecule has 3 rings (SSSR count). The highest BCUT2D eigenvalue weighted by atomic mass is 16.5. The van der Waals surface area contributed by atoms with Crippen molar-refractivity contribution >= 4 is 22.8 Å². The number of amides is 1. The van der Waals surface area contributed by atoms with E-state index in [0.717, 1.165) is 5.56 Å². The fourth-order valence-electron chi connectivity index (χ4n) is 2.77. The summed E-state index contributed by atoms with van der Waals surface area (Å²) in [6.07, 6.45) is 1.69. The lowest BCUT2D eigenvalue weighted by Gasteiger charge is -2.16. The fraction of sp³-hybridized carbons (Fsp3) is 0.150. The number of aromatic nitrogens is 1. The molecule has 0 aliphatic heterocycles. The van der Waals surface area contributed by atoms with Gasteiger partial charge in [-0.25, -0.2) is 4.79 Å². The lowest BCUT2D eigenvalue weighted by atomic mass is 10.0. The van der Waals surface area contributed by atoms with Crippen LogP contribution in [0.25, 0.3) is 10.9 Å². The standard InChI is InChI=1S/C20H18N2O4/c1-26-14-6-4-5-13(11-14)12-18(20(24)25)22-19(23)16-9-10-21-17-8-3-2-7-15(16)17/h2-11,18H,12H2,1H3,(H,22,23)(H,24,25)/t18-/m1/s1. The van der Waals surface area contributed by atoms with Crippen molar-refractivity contribution in [2.45, 2.75) is 12.5 Å². The van der Waals surface area contributed by atoms with Gasteiger partial charge in [-0.1, -0.05) is 30.3 Å². The summed E-state index contributed by atoms with van der Waals surface area (Å²) >= 11 is 0. The lowest BCUT2D eigenvalue weighted by molar-refractivity contribution is -0.139. The first-order valence-corrected chi connectivity index (χ1v) is 8.09. The Labute approximate surface area is 150 Å². The third-order valence-electron chi connectivity index (χ3n) is 4.07. The van der Waals surface area contributed by atoms with E-state index < -0.39 is 17.9 Å². The van der Waals surface area contributed by atoms with Crippen molar-refractivity contribution in [3.63, 3.8) is 0 Å². The van der Waals surface area contributed by atoms with E-state index in [4.69, 9.17) is 4.74 Å². The van der Waals surface area contributed by atoms with E-state index in [1.165, 1.54) is 6.20 Å². The smallest absolute Gasteiger partial charge is 0.326 e. The molecule has 0 spiro atoms. The summed E-state index contributed by atoms with van der Waals surface area (Å²) in [5, 5.41) is 12.8. The van der Waals surface area contributed by atoms with Crippen LogP contribution in [0.5, 0.6) is 5.75 Å². The van der Waals surface area contributed by atoms with Gasteiger partial charge in [0.25, 0.3) is 5.91 Å². The van der Waals surface area contributed by atoms with Gasteiger partial charge in [0.15, 0.2) is 0 Å². The van der Waals surface area contributed by atoms with E-state index in [0.29, 0.717) is 22.2 Å². The number of hydrogen-bond acceptors (Lipinski definition) is 4. The molecule has 0 unspecified atom stereocenters. The Bertz CT molecular complexity index is 950. The third kappa shape index (κ3) is 3.80. The highest BCUT2D eigenvalue weighted by Gasteiger charge is 2.22. The van der Waals surface area contributed by atoms with Crippen molar-refractivity contribution in [1.82, 2.24) is 10.3 Å². The van der Waals surface area contributed by atoms with Crippen molar-refractivity contribution in [3.05, 3.63) is 71.9 Å². The highest BCUT2D eigenvalue weighted by Crippen LogP contribution is 2.17. The van der Waals surface area contributed by atoms with Crippen LogP contribution >= 0.6 is 0 Å². The topological polar surface area (TPSA) is 88.5 Å². The minimum absolute atomic E-state index is 0.154. The van der Waals surface area contributed by atoms with Gasteiger partial charge in [-0.3, -0.25) is 9.78 Å². The molecule has 1 aromatic heterocycles. The van der Waals surface area contributed by atoms with Crippen LogP contribution in [-0.2, 0) is 11.2 Å². The van der Waals surface area contributed by atoms with Crippen LogP contribution in [-0.4, -0.2) is 35.1 Å². The first kappa shape index (κ1) is 17.4. The second kappa shape index (κ2) is 7.65. The largest absolute Gasteiger partial charge is 0.497 e. The Hall–Kier alpha value is -3.41. The van der Waals surface area contributed by atoms with Gasteiger partial charge in [-0.15, -0.1) is 0 Å². The maximum atomic E-state index is 12.7. The van der Waals surface area contributed by atoms with E-state index in [1.807, 2.05) is 12.1 Å². The third-order valence-corrected chi connectivity index (χ3v) is 4.07. The summed E-state index contributed by atoms with van der Waals surface area (Å²) in [4.78, 5) is 28.5. The fourth-order valence-corrected chi connectivity index (χ4v) is 2.77. The molecule has 0 fully saturated rings. The molecule has 1 heterocycles. The average molecular weight is 350 g/mol. The Morgan fingerprint density at radius 3 is 2.73 bits per heavy atom. The molecule has 0 radical (unpaired) electrons. The number of carboxylic acid groups (broad SMARTS) is 1. The van der Waals surface area contributed by atoms with Crippen LogP contribution < -0.4 is 10.1 Å². The van der Waals surface area contributed by atoms with Gasteiger partial charge >= 0.3 is 5.97 Å². The number of aliphatic carboxylic acids is 1. The Balaban J connectivity index is 1.83. The number of carbonyl (C=O) groups excluding carboxylic acids is 1. The molecule has 6 heteroatoms. The maximum absolute atomic E-state index is 12.7. The predicted molar refractivity (Wildman–Crippen MR) is 97.3 cm³/mol. The van der Waals surface area contributed by atoms with Crippen LogP contribution in [0.4, 0.5) is 0 Å². The van der Waals surface area contributed by atoms with Gasteiger partial charge in [0.05, 0.1) is 18.2 Å². The normalized spacial score (nSPS) is 11.7. The second-order valence-corrected chi connectivity index (χ2v) is 5.80. The molecule has 0 aliphatic rings. The minimum Gasteiger partial charge on any atom is -0.497 e. The lowest BCUT2D eigenvalue weighted by Crippen LogP contribution is -2.42. The number of para-hydroxylation sites is 1. The van der Waals surface area contributed by atoms with E-state index >= 15 is 0 Å². The maximum Gasteiger partial charge on any atom is 0.326 e. The molecule has 1 atom stereocenters. The zero-order valence-electron chi connectivity index (χ0n) is 14.2. The van der Waals surface area contributed by atoms with E-state index in [9.17, 15) is 14.7 Å². The Kier molecular flexibility index (Phi) is 5.12. The summed E-state index contributed by atoms with van der Waals surface area (Å²) in [7, 11) is 1.55. The minimum atomic E-state index is -1.10. The monoisotopic (exact) mass is 350 g/mol. The number of carboxylic acids is 1. The molecule has 26 heavy (non-hydrogen) atoms. The SMILES string of the molecule is COc1cccc(C[C@@H](NC(=O)c2ccnc3ccccc23)C(=O)O)c1.